The molecular formula is C14H14ClN5. The van der Waals surface area contributed by atoms with Gasteiger partial charge in [-0.2, -0.15) is 0 Å². The first-order chi connectivity index (χ1) is 9.61. The molecule has 6 heteroatoms. The van der Waals surface area contributed by atoms with Crippen LogP contribution in [-0.4, -0.2) is 16.2 Å². The summed E-state index contributed by atoms with van der Waals surface area (Å²) >= 11 is 5.89. The van der Waals surface area contributed by atoms with Crippen molar-refractivity contribution in [2.75, 3.05) is 0 Å². The molecule has 0 saturated heterocycles. The first-order valence-electron chi connectivity index (χ1n) is 5.84. The number of hydrogen-bond donors (Lipinski definition) is 2. The second-order valence-electron chi connectivity index (χ2n) is 3.95. The van der Waals surface area contributed by atoms with Crippen molar-refractivity contribution in [1.29, 1.82) is 0 Å². The topological polar surface area (TPSA) is 81.7 Å². The molecule has 2 rings (SSSR count). The summed E-state index contributed by atoms with van der Waals surface area (Å²) in [6.07, 6.45) is 3.50. The van der Waals surface area contributed by atoms with Crippen molar-refractivity contribution in [2.24, 2.45) is 21.7 Å². The van der Waals surface area contributed by atoms with E-state index in [-0.39, 0.29) is 5.96 Å². The van der Waals surface area contributed by atoms with Crippen molar-refractivity contribution in [1.82, 2.24) is 4.57 Å². The summed E-state index contributed by atoms with van der Waals surface area (Å²) in [5, 5.41) is 8.31. The fraction of sp³-hybridized carbons (Fsp3) is 0. The predicted molar refractivity (Wildman–Crippen MR) is 83.3 cm³/mol. The molecule has 0 saturated carbocycles. The van der Waals surface area contributed by atoms with Crippen LogP contribution >= 0.6 is 11.6 Å². The fourth-order valence-electron chi connectivity index (χ4n) is 1.72. The molecule has 0 amide bonds. The van der Waals surface area contributed by atoms with Gasteiger partial charge >= 0.3 is 0 Å². The molecule has 0 aliphatic carbocycles. The van der Waals surface area contributed by atoms with Crippen LogP contribution in [0.4, 0.5) is 0 Å². The summed E-state index contributed by atoms with van der Waals surface area (Å²) in [6, 6.07) is 11.3. The maximum absolute atomic E-state index is 5.89. The van der Waals surface area contributed by atoms with Crippen molar-refractivity contribution in [2.45, 2.75) is 0 Å². The highest BCUT2D eigenvalue weighted by atomic mass is 35.5. The van der Waals surface area contributed by atoms with Crippen LogP contribution in [0, 0.1) is 0 Å². The monoisotopic (exact) mass is 287 g/mol. The molecule has 0 fully saturated rings. The van der Waals surface area contributed by atoms with Gasteiger partial charge in [-0.05, 0) is 42.5 Å². The van der Waals surface area contributed by atoms with E-state index in [4.69, 9.17) is 23.1 Å². The van der Waals surface area contributed by atoms with Gasteiger partial charge in [0, 0.05) is 16.9 Å². The van der Waals surface area contributed by atoms with Gasteiger partial charge in [0.2, 0.25) is 5.96 Å². The van der Waals surface area contributed by atoms with Crippen molar-refractivity contribution in [3.05, 3.63) is 66.0 Å². The van der Waals surface area contributed by atoms with E-state index < -0.39 is 0 Å². The smallest absolute Gasteiger partial charge is 0.211 e. The largest absolute Gasteiger partial charge is 0.369 e. The van der Waals surface area contributed by atoms with E-state index in [1.165, 1.54) is 0 Å². The molecule has 0 aliphatic rings. The zero-order valence-corrected chi connectivity index (χ0v) is 11.5. The molecule has 102 valence electrons. The minimum absolute atomic E-state index is 0.103. The Kier molecular flexibility index (Phi) is 4.22. The van der Waals surface area contributed by atoms with E-state index in [0.717, 1.165) is 11.4 Å². The Morgan fingerprint density at radius 3 is 2.45 bits per heavy atom. The van der Waals surface area contributed by atoms with E-state index in [1.807, 2.05) is 47.2 Å². The number of nitrogens with zero attached hydrogens (tertiary/aromatic N) is 3. The maximum atomic E-state index is 5.89. The number of rotatable bonds is 4. The molecule has 0 unspecified atom stereocenters. The molecule has 1 aromatic heterocycles. The average molecular weight is 288 g/mol. The highest BCUT2D eigenvalue weighted by Crippen LogP contribution is 2.17. The van der Waals surface area contributed by atoms with Crippen molar-refractivity contribution in [3.8, 4) is 5.69 Å². The van der Waals surface area contributed by atoms with Gasteiger partial charge in [-0.15, -0.1) is 10.2 Å². The zero-order valence-electron chi connectivity index (χ0n) is 10.7. The number of nitrogens with two attached hydrogens (primary N) is 2. The minimum atomic E-state index is -0.103. The van der Waals surface area contributed by atoms with Crippen LogP contribution in [-0.2, 0) is 0 Å². The summed E-state index contributed by atoms with van der Waals surface area (Å²) in [6.45, 7) is 3.73. The van der Waals surface area contributed by atoms with Crippen LogP contribution in [0.25, 0.3) is 5.69 Å². The summed E-state index contributed by atoms with van der Waals surface area (Å²) in [5.74, 6) is -0.103. The number of aromatic nitrogens is 1. The van der Waals surface area contributed by atoms with E-state index in [2.05, 4.69) is 16.8 Å². The summed E-state index contributed by atoms with van der Waals surface area (Å²) in [4.78, 5) is 0. The normalized spacial score (nSPS) is 11.2. The second kappa shape index (κ2) is 6.08. The van der Waals surface area contributed by atoms with Gasteiger partial charge in [0.1, 0.15) is 5.71 Å². The lowest BCUT2D eigenvalue weighted by Gasteiger charge is -2.08. The number of benzene rings is 1. The molecule has 0 aliphatic heterocycles. The molecule has 0 radical (unpaired) electrons. The fourth-order valence-corrected chi connectivity index (χ4v) is 1.85. The third-order valence-corrected chi connectivity index (χ3v) is 2.83. The van der Waals surface area contributed by atoms with E-state index in [0.29, 0.717) is 10.7 Å². The molecule has 4 N–H and O–H groups in total. The van der Waals surface area contributed by atoms with E-state index >= 15 is 0 Å². The van der Waals surface area contributed by atoms with Crippen LogP contribution in [0.5, 0.6) is 0 Å². The van der Waals surface area contributed by atoms with Crippen LogP contribution in [0.15, 0.2) is 65.5 Å². The van der Waals surface area contributed by atoms with Gasteiger partial charge in [-0.25, -0.2) is 0 Å². The van der Waals surface area contributed by atoms with Crippen molar-refractivity contribution >= 4 is 23.3 Å². The van der Waals surface area contributed by atoms with Crippen molar-refractivity contribution < 1.29 is 0 Å². The molecule has 1 aromatic carbocycles. The number of hydrogen-bond acceptors (Lipinski definition) is 2. The van der Waals surface area contributed by atoms with Gasteiger partial charge < -0.3 is 16.0 Å². The molecule has 0 spiro atoms. The molecule has 0 bridgehead atoms. The second-order valence-corrected chi connectivity index (χ2v) is 4.39. The lowest BCUT2D eigenvalue weighted by Crippen LogP contribution is -2.22. The standard InChI is InChI=1S/C14H14ClN5/c1-2-12(18-19-14(16)17)13-4-3-9-20(13)11-7-5-10(15)6-8-11/h2-9H,1H2,(H4,16,17,19). The summed E-state index contributed by atoms with van der Waals surface area (Å²) in [5.41, 5.74) is 12.9. The molecular weight excluding hydrogens is 274 g/mol. The third-order valence-electron chi connectivity index (χ3n) is 2.58. The lowest BCUT2D eigenvalue weighted by molar-refractivity contribution is 1.06. The summed E-state index contributed by atoms with van der Waals surface area (Å²) < 4.78 is 1.94. The van der Waals surface area contributed by atoms with Crippen LogP contribution in [0.2, 0.25) is 5.02 Å². The Bertz CT molecular complexity index is 663. The molecule has 2 aromatic rings. The minimum Gasteiger partial charge on any atom is -0.369 e. The van der Waals surface area contributed by atoms with Crippen LogP contribution in [0.3, 0.4) is 0 Å². The molecule has 0 atom stereocenters. The Morgan fingerprint density at radius 1 is 1.15 bits per heavy atom. The Balaban J connectivity index is 2.46. The highest BCUT2D eigenvalue weighted by molar-refractivity contribution is 6.30. The summed E-state index contributed by atoms with van der Waals surface area (Å²) in [7, 11) is 0. The van der Waals surface area contributed by atoms with E-state index in [1.54, 1.807) is 6.08 Å². The molecule has 20 heavy (non-hydrogen) atoms. The molecule has 1 heterocycles. The van der Waals surface area contributed by atoms with Crippen molar-refractivity contribution in [3.63, 3.8) is 0 Å². The number of allylic oxidation sites excluding steroid dienone is 1. The SMILES string of the molecule is C=CC(=NN=C(N)N)c1cccn1-c1ccc(Cl)cc1. The van der Waals surface area contributed by atoms with Crippen LogP contribution in [0.1, 0.15) is 5.69 Å². The number of halogens is 1. The molecule has 5 nitrogen and oxygen atoms in total. The Morgan fingerprint density at radius 2 is 1.85 bits per heavy atom. The number of guanidine groups is 1. The predicted octanol–water partition coefficient (Wildman–Crippen LogP) is 2.29. The zero-order chi connectivity index (χ0) is 14.5. The van der Waals surface area contributed by atoms with Gasteiger partial charge in [-0.1, -0.05) is 18.2 Å². The average Bonchev–Trinajstić information content (AvgIpc) is 2.89. The van der Waals surface area contributed by atoms with Gasteiger partial charge in [0.25, 0.3) is 0 Å². The van der Waals surface area contributed by atoms with Gasteiger partial charge in [0.15, 0.2) is 0 Å². The third kappa shape index (κ3) is 3.07. The quantitative estimate of drug-likeness (QED) is 0.514. The highest BCUT2D eigenvalue weighted by Gasteiger charge is 2.07. The maximum Gasteiger partial charge on any atom is 0.211 e. The lowest BCUT2D eigenvalue weighted by atomic mass is 10.2. The van der Waals surface area contributed by atoms with Crippen LogP contribution < -0.4 is 11.5 Å². The first-order valence-corrected chi connectivity index (χ1v) is 6.22. The van der Waals surface area contributed by atoms with E-state index in [9.17, 15) is 0 Å². The van der Waals surface area contributed by atoms with Gasteiger partial charge in [-0.3, -0.25) is 0 Å². The first kappa shape index (κ1) is 13.9. The Labute approximate surface area is 121 Å². The van der Waals surface area contributed by atoms with Gasteiger partial charge in [0.05, 0.1) is 5.69 Å². The Hall–Kier alpha value is -2.53.